The summed E-state index contributed by atoms with van der Waals surface area (Å²) in [5, 5.41) is 12.4. The molecule has 0 unspecified atom stereocenters. The average Bonchev–Trinajstić information content (AvgIpc) is 2.48. The van der Waals surface area contributed by atoms with Gasteiger partial charge >= 0.3 is 0 Å². The van der Waals surface area contributed by atoms with E-state index in [0.29, 0.717) is 16.9 Å². The smallest absolute Gasteiger partial charge is 0.277 e. The zero-order valence-electron chi connectivity index (χ0n) is 10.5. The molecule has 98 valence electrons. The molecule has 0 saturated heterocycles. The molecule has 0 aromatic heterocycles. The lowest BCUT2D eigenvalue weighted by Gasteiger charge is -2.09. The molecule has 3 aromatic carbocycles. The highest BCUT2D eigenvalue weighted by atomic mass is 16.6. The molecular weight excluding hydrogens is 254 g/mol. The predicted octanol–water partition coefficient (Wildman–Crippen LogP) is 4.54. The first-order valence-electron chi connectivity index (χ1n) is 6.15. The van der Waals surface area contributed by atoms with E-state index in [1.807, 2.05) is 42.5 Å². The molecule has 0 spiro atoms. The molecule has 3 aromatic rings. The molecule has 3 rings (SSSR count). The second kappa shape index (κ2) is 5.01. The summed E-state index contributed by atoms with van der Waals surface area (Å²) in [6.07, 6.45) is 0. The molecular formula is C16H11NO3. The fraction of sp³-hybridized carbons (Fsp3) is 0. The normalized spacial score (nSPS) is 10.4. The Balaban J connectivity index is 2.13. The van der Waals surface area contributed by atoms with Crippen molar-refractivity contribution in [3.05, 3.63) is 76.8 Å². The number of fused-ring (bicyclic) bond motifs is 1. The number of benzene rings is 3. The largest absolute Gasteiger partial charge is 0.457 e. The number of ether oxygens (including phenoxy) is 1. The van der Waals surface area contributed by atoms with Gasteiger partial charge in [-0.25, -0.2) is 0 Å². The van der Waals surface area contributed by atoms with E-state index in [1.165, 1.54) is 6.07 Å². The van der Waals surface area contributed by atoms with E-state index in [2.05, 4.69) is 0 Å². The standard InChI is InChI=1S/C16H11NO3/c18-17(19)15-10-11-16(14-9-5-4-8-13(14)15)20-12-6-2-1-3-7-12/h1-11H. The Hall–Kier alpha value is -2.88. The maximum atomic E-state index is 11.0. The summed E-state index contributed by atoms with van der Waals surface area (Å²) in [6, 6.07) is 19.6. The molecule has 0 atom stereocenters. The van der Waals surface area contributed by atoms with Crippen LogP contribution in [0.2, 0.25) is 0 Å². The van der Waals surface area contributed by atoms with E-state index < -0.39 is 0 Å². The summed E-state index contributed by atoms with van der Waals surface area (Å²) in [6.45, 7) is 0. The van der Waals surface area contributed by atoms with Gasteiger partial charge in [-0.2, -0.15) is 0 Å². The molecule has 4 nitrogen and oxygen atoms in total. The van der Waals surface area contributed by atoms with E-state index >= 15 is 0 Å². The monoisotopic (exact) mass is 265 g/mol. The van der Waals surface area contributed by atoms with Crippen molar-refractivity contribution < 1.29 is 9.66 Å². The minimum atomic E-state index is -0.380. The maximum absolute atomic E-state index is 11.0. The molecule has 0 aliphatic rings. The number of hydrogen-bond acceptors (Lipinski definition) is 3. The zero-order chi connectivity index (χ0) is 13.9. The Morgan fingerprint density at radius 3 is 2.15 bits per heavy atom. The predicted molar refractivity (Wildman–Crippen MR) is 77.1 cm³/mol. The quantitative estimate of drug-likeness (QED) is 0.516. The van der Waals surface area contributed by atoms with Gasteiger partial charge in [0.1, 0.15) is 11.5 Å². The van der Waals surface area contributed by atoms with Crippen LogP contribution in [0.5, 0.6) is 11.5 Å². The van der Waals surface area contributed by atoms with Crippen LogP contribution in [0.4, 0.5) is 5.69 Å². The highest BCUT2D eigenvalue weighted by Gasteiger charge is 2.14. The van der Waals surface area contributed by atoms with Gasteiger partial charge in [0.05, 0.1) is 10.3 Å². The molecule has 0 amide bonds. The van der Waals surface area contributed by atoms with Gasteiger partial charge in [0, 0.05) is 11.5 Å². The van der Waals surface area contributed by atoms with Gasteiger partial charge in [-0.05, 0) is 24.3 Å². The van der Waals surface area contributed by atoms with Crippen molar-refractivity contribution in [1.82, 2.24) is 0 Å². The van der Waals surface area contributed by atoms with E-state index in [1.54, 1.807) is 18.2 Å². The topological polar surface area (TPSA) is 52.4 Å². The van der Waals surface area contributed by atoms with Gasteiger partial charge in [-0.15, -0.1) is 0 Å². The molecule has 0 heterocycles. The van der Waals surface area contributed by atoms with Crippen molar-refractivity contribution in [1.29, 1.82) is 0 Å². The zero-order valence-corrected chi connectivity index (χ0v) is 10.5. The lowest BCUT2D eigenvalue weighted by Crippen LogP contribution is -1.91. The molecule has 0 radical (unpaired) electrons. The lowest BCUT2D eigenvalue weighted by molar-refractivity contribution is -0.383. The van der Waals surface area contributed by atoms with Crippen LogP contribution < -0.4 is 4.74 Å². The number of nitro groups is 1. The van der Waals surface area contributed by atoms with Crippen molar-refractivity contribution in [3.8, 4) is 11.5 Å². The first-order chi connectivity index (χ1) is 9.75. The second-order valence-corrected chi connectivity index (χ2v) is 4.30. The van der Waals surface area contributed by atoms with E-state index in [0.717, 1.165) is 5.39 Å². The Morgan fingerprint density at radius 2 is 1.45 bits per heavy atom. The van der Waals surface area contributed by atoms with Crippen LogP contribution in [0.15, 0.2) is 66.7 Å². The van der Waals surface area contributed by atoms with E-state index in [4.69, 9.17) is 4.74 Å². The fourth-order valence-corrected chi connectivity index (χ4v) is 2.12. The first kappa shape index (κ1) is 12.2. The third-order valence-corrected chi connectivity index (χ3v) is 3.03. The Labute approximate surface area is 115 Å². The third kappa shape index (κ3) is 2.19. The maximum Gasteiger partial charge on any atom is 0.277 e. The Bertz CT molecular complexity index is 769. The second-order valence-electron chi connectivity index (χ2n) is 4.30. The summed E-state index contributed by atoms with van der Waals surface area (Å²) in [7, 11) is 0. The van der Waals surface area contributed by atoms with E-state index in [-0.39, 0.29) is 10.6 Å². The SMILES string of the molecule is O=[N+]([O-])c1ccc(Oc2ccccc2)c2ccccc12. The Kier molecular flexibility index (Phi) is 3.05. The van der Waals surface area contributed by atoms with Gasteiger partial charge < -0.3 is 4.74 Å². The van der Waals surface area contributed by atoms with Crippen molar-refractivity contribution >= 4 is 16.5 Å². The molecule has 0 aliphatic carbocycles. The molecule has 0 bridgehead atoms. The molecule has 0 N–H and O–H groups in total. The van der Waals surface area contributed by atoms with Crippen LogP contribution >= 0.6 is 0 Å². The van der Waals surface area contributed by atoms with Crippen LogP contribution in [0.1, 0.15) is 0 Å². The van der Waals surface area contributed by atoms with Crippen LogP contribution in [-0.2, 0) is 0 Å². The minimum absolute atomic E-state index is 0.0843. The van der Waals surface area contributed by atoms with E-state index in [9.17, 15) is 10.1 Å². The average molecular weight is 265 g/mol. The highest BCUT2D eigenvalue weighted by Crippen LogP contribution is 2.35. The highest BCUT2D eigenvalue weighted by molar-refractivity contribution is 5.95. The number of rotatable bonds is 3. The molecule has 0 fully saturated rings. The lowest BCUT2D eigenvalue weighted by atomic mass is 10.1. The van der Waals surface area contributed by atoms with Gasteiger partial charge in [0.2, 0.25) is 0 Å². The number of nitrogens with zero attached hydrogens (tertiary/aromatic N) is 1. The molecule has 0 saturated carbocycles. The summed E-state index contributed by atoms with van der Waals surface area (Å²) in [5.41, 5.74) is 0.0843. The summed E-state index contributed by atoms with van der Waals surface area (Å²) in [4.78, 5) is 10.7. The van der Waals surface area contributed by atoms with Crippen LogP contribution in [0.3, 0.4) is 0 Å². The number of nitro benzene ring substituents is 1. The summed E-state index contributed by atoms with van der Waals surface area (Å²) < 4.78 is 5.80. The minimum Gasteiger partial charge on any atom is -0.457 e. The third-order valence-electron chi connectivity index (χ3n) is 3.03. The van der Waals surface area contributed by atoms with Crippen molar-refractivity contribution in [2.45, 2.75) is 0 Å². The van der Waals surface area contributed by atoms with Crippen LogP contribution in [-0.4, -0.2) is 4.92 Å². The van der Waals surface area contributed by atoms with Crippen LogP contribution in [0.25, 0.3) is 10.8 Å². The summed E-state index contributed by atoms with van der Waals surface area (Å²) >= 11 is 0. The molecule has 0 aliphatic heterocycles. The van der Waals surface area contributed by atoms with Crippen LogP contribution in [0, 0.1) is 10.1 Å². The molecule has 20 heavy (non-hydrogen) atoms. The first-order valence-corrected chi connectivity index (χ1v) is 6.15. The van der Waals surface area contributed by atoms with Gasteiger partial charge in [0.25, 0.3) is 5.69 Å². The number of hydrogen-bond donors (Lipinski definition) is 0. The van der Waals surface area contributed by atoms with Gasteiger partial charge in [-0.3, -0.25) is 10.1 Å². The van der Waals surface area contributed by atoms with Crippen molar-refractivity contribution in [2.24, 2.45) is 0 Å². The van der Waals surface area contributed by atoms with Gasteiger partial charge in [-0.1, -0.05) is 36.4 Å². The fourth-order valence-electron chi connectivity index (χ4n) is 2.12. The van der Waals surface area contributed by atoms with Crippen molar-refractivity contribution in [2.75, 3.05) is 0 Å². The van der Waals surface area contributed by atoms with Gasteiger partial charge in [0.15, 0.2) is 0 Å². The number of para-hydroxylation sites is 1. The van der Waals surface area contributed by atoms with Crippen molar-refractivity contribution in [3.63, 3.8) is 0 Å². The number of non-ortho nitro benzene ring substituents is 1. The summed E-state index contributed by atoms with van der Waals surface area (Å²) in [5.74, 6) is 1.31. The Morgan fingerprint density at radius 1 is 0.800 bits per heavy atom. The molecule has 4 heteroatoms.